The molecule has 106 valence electrons. The van der Waals surface area contributed by atoms with Crippen molar-refractivity contribution in [3.05, 3.63) is 96.1 Å². The van der Waals surface area contributed by atoms with Crippen LogP contribution in [0.4, 0.5) is 0 Å². The highest BCUT2D eigenvalue weighted by atomic mass is 16.1. The molecular formula is C20H14O2. The fourth-order valence-electron chi connectivity index (χ4n) is 1.87. The van der Waals surface area contributed by atoms with Crippen molar-refractivity contribution >= 4 is 12.6 Å². The van der Waals surface area contributed by atoms with E-state index in [0.29, 0.717) is 11.1 Å². The van der Waals surface area contributed by atoms with Gasteiger partial charge in [0.15, 0.2) is 0 Å². The Morgan fingerprint density at radius 3 is 1.32 bits per heavy atom. The predicted molar refractivity (Wildman–Crippen MR) is 87.9 cm³/mol. The van der Waals surface area contributed by atoms with Crippen molar-refractivity contribution in [1.82, 2.24) is 0 Å². The lowest BCUT2D eigenvalue weighted by Crippen LogP contribution is -1.80. The van der Waals surface area contributed by atoms with E-state index >= 15 is 0 Å². The molecule has 0 heterocycles. The van der Waals surface area contributed by atoms with E-state index in [0.717, 1.165) is 11.1 Å². The van der Waals surface area contributed by atoms with Gasteiger partial charge < -0.3 is 0 Å². The number of hydrogen-bond acceptors (Lipinski definition) is 2. The third-order valence-electron chi connectivity index (χ3n) is 3.00. The number of hydrogen-bond donors (Lipinski definition) is 0. The van der Waals surface area contributed by atoms with Gasteiger partial charge in [0.2, 0.25) is 12.6 Å². The molecule has 0 atom stereocenters. The first-order valence-electron chi connectivity index (χ1n) is 6.80. The highest BCUT2D eigenvalue weighted by Gasteiger charge is 1.96. The van der Waals surface area contributed by atoms with Crippen LogP contribution >= 0.6 is 0 Å². The Hall–Kier alpha value is -3.00. The molecule has 0 aliphatic rings. The first kappa shape index (κ1) is 15.4. The topological polar surface area (TPSA) is 34.1 Å². The molecule has 2 radical (unpaired) electrons. The quantitative estimate of drug-likeness (QED) is 0.730. The van der Waals surface area contributed by atoms with Gasteiger partial charge in [0, 0.05) is 11.1 Å². The molecule has 2 heteroatoms. The molecule has 0 amide bonds. The van der Waals surface area contributed by atoms with Gasteiger partial charge in [0.1, 0.15) is 0 Å². The average molecular weight is 286 g/mol. The van der Waals surface area contributed by atoms with Crippen molar-refractivity contribution in [3.63, 3.8) is 0 Å². The summed E-state index contributed by atoms with van der Waals surface area (Å²) in [5.41, 5.74) is 3.46. The third-order valence-corrected chi connectivity index (χ3v) is 3.00. The monoisotopic (exact) mass is 286 g/mol. The number of benzene rings is 3. The molecule has 0 fully saturated rings. The molecule has 0 bridgehead atoms. The van der Waals surface area contributed by atoms with E-state index in [1.165, 1.54) is 0 Å². The largest absolute Gasteiger partial charge is 0.285 e. The van der Waals surface area contributed by atoms with E-state index in [1.807, 2.05) is 54.8 Å². The Balaban J connectivity index is 0.000000188. The summed E-state index contributed by atoms with van der Waals surface area (Å²) >= 11 is 0. The SMILES string of the molecule is O=[C]c1ccc(-c2ccccc2)cc1.O=[C]c1ccccc1. The minimum atomic E-state index is 0.588. The fourth-order valence-corrected chi connectivity index (χ4v) is 1.87. The highest BCUT2D eigenvalue weighted by molar-refractivity contribution is 5.77. The molecule has 0 spiro atoms. The van der Waals surface area contributed by atoms with Gasteiger partial charge in [-0.05, 0) is 11.1 Å². The highest BCUT2D eigenvalue weighted by Crippen LogP contribution is 2.18. The van der Waals surface area contributed by atoms with E-state index in [9.17, 15) is 9.59 Å². The lowest BCUT2D eigenvalue weighted by Gasteiger charge is -2.00. The Labute approximate surface area is 130 Å². The van der Waals surface area contributed by atoms with Crippen LogP contribution in [0.25, 0.3) is 11.1 Å². The van der Waals surface area contributed by atoms with Gasteiger partial charge in [-0.3, -0.25) is 9.59 Å². The van der Waals surface area contributed by atoms with E-state index < -0.39 is 0 Å². The molecule has 0 saturated carbocycles. The summed E-state index contributed by atoms with van der Waals surface area (Å²) in [6.07, 6.45) is 3.63. The normalized spacial score (nSPS) is 9.27. The van der Waals surface area contributed by atoms with Crippen molar-refractivity contribution in [3.8, 4) is 11.1 Å². The fraction of sp³-hybridized carbons (Fsp3) is 0. The van der Waals surface area contributed by atoms with Crippen LogP contribution < -0.4 is 0 Å². The van der Waals surface area contributed by atoms with Crippen LogP contribution in [0.3, 0.4) is 0 Å². The van der Waals surface area contributed by atoms with Crippen LogP contribution in [0, 0.1) is 0 Å². The summed E-state index contributed by atoms with van der Waals surface area (Å²) in [4.78, 5) is 20.2. The minimum absolute atomic E-state index is 0.588. The molecular weight excluding hydrogens is 272 g/mol. The van der Waals surface area contributed by atoms with Crippen LogP contribution in [0.1, 0.15) is 11.1 Å². The minimum Gasteiger partial charge on any atom is -0.285 e. The van der Waals surface area contributed by atoms with Crippen molar-refractivity contribution in [2.45, 2.75) is 0 Å². The average Bonchev–Trinajstić information content (AvgIpc) is 2.64. The van der Waals surface area contributed by atoms with Crippen molar-refractivity contribution in [2.24, 2.45) is 0 Å². The maximum absolute atomic E-state index is 10.3. The molecule has 0 aromatic heterocycles. The van der Waals surface area contributed by atoms with Crippen LogP contribution in [-0.4, -0.2) is 12.6 Å². The van der Waals surface area contributed by atoms with E-state index in [1.54, 1.807) is 42.7 Å². The molecule has 22 heavy (non-hydrogen) atoms. The third kappa shape index (κ3) is 4.53. The summed E-state index contributed by atoms with van der Waals surface area (Å²) in [7, 11) is 0. The van der Waals surface area contributed by atoms with Gasteiger partial charge in [0.25, 0.3) is 0 Å². The summed E-state index contributed by atoms with van der Waals surface area (Å²) in [5, 5.41) is 0. The van der Waals surface area contributed by atoms with Crippen LogP contribution in [0.15, 0.2) is 84.9 Å². The maximum Gasteiger partial charge on any atom is 0.233 e. The molecule has 3 aromatic rings. The lowest BCUT2D eigenvalue weighted by molar-refractivity contribution is 0.562. The van der Waals surface area contributed by atoms with Crippen molar-refractivity contribution in [2.75, 3.05) is 0 Å². The Morgan fingerprint density at radius 2 is 0.864 bits per heavy atom. The Bertz CT molecular complexity index is 702. The predicted octanol–water partition coefficient (Wildman–Crippen LogP) is 3.96. The van der Waals surface area contributed by atoms with E-state index in [4.69, 9.17) is 0 Å². The molecule has 3 aromatic carbocycles. The second-order valence-electron chi connectivity index (χ2n) is 4.51. The van der Waals surface area contributed by atoms with Gasteiger partial charge in [-0.1, -0.05) is 84.9 Å². The summed E-state index contributed by atoms with van der Waals surface area (Å²) < 4.78 is 0. The summed E-state index contributed by atoms with van der Waals surface area (Å²) in [5.74, 6) is 0. The molecule has 0 aliphatic heterocycles. The van der Waals surface area contributed by atoms with E-state index in [-0.39, 0.29) is 0 Å². The molecule has 0 saturated heterocycles. The smallest absolute Gasteiger partial charge is 0.233 e. The van der Waals surface area contributed by atoms with Crippen molar-refractivity contribution in [1.29, 1.82) is 0 Å². The second-order valence-corrected chi connectivity index (χ2v) is 4.51. The van der Waals surface area contributed by atoms with Gasteiger partial charge in [-0.15, -0.1) is 0 Å². The lowest BCUT2D eigenvalue weighted by atomic mass is 10.0. The van der Waals surface area contributed by atoms with Crippen molar-refractivity contribution < 1.29 is 9.59 Å². The Kier molecular flexibility index (Phi) is 5.82. The zero-order chi connectivity index (χ0) is 15.6. The Morgan fingerprint density at radius 1 is 0.455 bits per heavy atom. The van der Waals surface area contributed by atoms with Crippen LogP contribution in [-0.2, 0) is 9.59 Å². The number of carbonyl (C=O) groups excluding carboxylic acids is 2. The number of rotatable bonds is 3. The first-order valence-corrected chi connectivity index (χ1v) is 6.80. The van der Waals surface area contributed by atoms with Gasteiger partial charge in [0.05, 0.1) is 0 Å². The second kappa shape index (κ2) is 8.32. The van der Waals surface area contributed by atoms with Gasteiger partial charge in [-0.25, -0.2) is 0 Å². The molecule has 0 N–H and O–H groups in total. The summed E-state index contributed by atoms with van der Waals surface area (Å²) in [6.45, 7) is 0. The van der Waals surface area contributed by atoms with Crippen LogP contribution in [0.2, 0.25) is 0 Å². The molecule has 0 unspecified atom stereocenters. The van der Waals surface area contributed by atoms with Gasteiger partial charge in [-0.2, -0.15) is 0 Å². The van der Waals surface area contributed by atoms with Gasteiger partial charge >= 0.3 is 0 Å². The van der Waals surface area contributed by atoms with Crippen LogP contribution in [0.5, 0.6) is 0 Å². The zero-order valence-corrected chi connectivity index (χ0v) is 11.9. The first-order chi connectivity index (χ1) is 10.8. The molecule has 0 aliphatic carbocycles. The standard InChI is InChI=1S/C13H9O.C7H5O/c14-10-11-6-8-13(9-7-11)12-4-2-1-3-5-12;8-6-7-4-2-1-3-5-7/h1-9H;1-5H. The maximum atomic E-state index is 10.3. The summed E-state index contributed by atoms with van der Waals surface area (Å²) in [6, 6.07) is 26.4. The molecule has 3 rings (SSSR count). The zero-order valence-electron chi connectivity index (χ0n) is 11.9. The van der Waals surface area contributed by atoms with E-state index in [2.05, 4.69) is 0 Å². The molecule has 2 nitrogen and oxygen atoms in total.